The standard InChI is InChI=1S/C36H36NSi.ClH.Sb/c1-27-25-32(34(28-17-9-5-10-18-28)29-19-11-6-12-20-29)36(37-38(2,3)4)33(26-27)35(30-21-13-7-14-22-30)31-23-15-8-16-24-31;;/h5-26,34-35H,1-4H3;1H;/q-1;;+3/p-1. The second-order valence-electron chi connectivity index (χ2n) is 11.1. The van der Waals surface area contributed by atoms with E-state index in [0.717, 1.165) is 5.69 Å². The normalized spacial score (nSPS) is 11.1. The van der Waals surface area contributed by atoms with E-state index in [9.17, 15) is 0 Å². The maximum Gasteiger partial charge on any atom is 3.00 e. The van der Waals surface area contributed by atoms with Gasteiger partial charge in [-0.3, -0.25) is 0 Å². The third kappa shape index (κ3) is 7.49. The van der Waals surface area contributed by atoms with Gasteiger partial charge in [-0.1, -0.05) is 170 Å². The third-order valence-electron chi connectivity index (χ3n) is 6.91. The first-order valence-corrected chi connectivity index (χ1v) is 16.9. The number of hydrogen-bond acceptors (Lipinski definition) is 0. The Morgan fingerprint density at radius 1 is 0.500 bits per heavy atom. The molecule has 1 nitrogen and oxygen atoms in total. The van der Waals surface area contributed by atoms with Crippen LogP contribution in [0.4, 0.5) is 5.69 Å². The first kappa shape index (κ1) is 31.7. The average molecular weight is 668 g/mol. The Balaban J connectivity index is 0.00000220. The van der Waals surface area contributed by atoms with Crippen LogP contribution in [0.25, 0.3) is 4.98 Å². The monoisotopic (exact) mass is 666 g/mol. The van der Waals surface area contributed by atoms with Crippen molar-refractivity contribution in [2.75, 3.05) is 0 Å². The van der Waals surface area contributed by atoms with Crippen molar-refractivity contribution in [2.45, 2.75) is 38.4 Å². The van der Waals surface area contributed by atoms with E-state index < -0.39 is 8.24 Å². The largest absolute Gasteiger partial charge is 3.00 e. The van der Waals surface area contributed by atoms with Gasteiger partial charge in [-0.15, -0.1) is 5.69 Å². The predicted molar refractivity (Wildman–Crippen MR) is 171 cm³/mol. The van der Waals surface area contributed by atoms with Gasteiger partial charge in [0.25, 0.3) is 0 Å². The molecular formula is C36H36ClNSbSi+. The van der Waals surface area contributed by atoms with E-state index in [1.54, 1.807) is 0 Å². The summed E-state index contributed by atoms with van der Waals surface area (Å²) < 4.78 is 0. The van der Waals surface area contributed by atoms with Crippen LogP contribution in [-0.4, -0.2) is 32.7 Å². The minimum Gasteiger partial charge on any atom is -1.00 e. The molecular weight excluding hydrogens is 632 g/mol. The van der Waals surface area contributed by atoms with Crippen molar-refractivity contribution in [3.8, 4) is 0 Å². The quantitative estimate of drug-likeness (QED) is 0.128. The van der Waals surface area contributed by atoms with Crippen molar-refractivity contribution in [3.63, 3.8) is 0 Å². The van der Waals surface area contributed by atoms with E-state index in [2.05, 4.69) is 160 Å². The summed E-state index contributed by atoms with van der Waals surface area (Å²) in [5.41, 5.74) is 10.2. The Labute approximate surface area is 265 Å². The molecule has 0 amide bonds. The van der Waals surface area contributed by atoms with Gasteiger partial charge in [0.1, 0.15) is 0 Å². The van der Waals surface area contributed by atoms with Crippen molar-refractivity contribution in [3.05, 3.63) is 177 Å². The molecule has 0 bridgehead atoms. The molecule has 0 aliphatic carbocycles. The van der Waals surface area contributed by atoms with Crippen LogP contribution in [0.2, 0.25) is 19.6 Å². The van der Waals surface area contributed by atoms with Crippen molar-refractivity contribution >= 4 is 38.4 Å². The number of rotatable bonds is 8. The molecule has 4 heteroatoms. The van der Waals surface area contributed by atoms with Crippen molar-refractivity contribution in [1.82, 2.24) is 0 Å². The minimum absolute atomic E-state index is 0. The molecule has 200 valence electrons. The molecule has 0 aliphatic rings. The summed E-state index contributed by atoms with van der Waals surface area (Å²) in [6.07, 6.45) is 0. The summed E-state index contributed by atoms with van der Waals surface area (Å²) in [6, 6.07) is 48.4. The van der Waals surface area contributed by atoms with E-state index in [-0.39, 0.29) is 48.7 Å². The fourth-order valence-electron chi connectivity index (χ4n) is 5.43. The molecule has 0 aromatic heterocycles. The van der Waals surface area contributed by atoms with Crippen molar-refractivity contribution in [1.29, 1.82) is 0 Å². The van der Waals surface area contributed by atoms with Crippen LogP contribution in [0.3, 0.4) is 0 Å². The third-order valence-corrected chi connectivity index (χ3v) is 7.81. The van der Waals surface area contributed by atoms with Crippen molar-refractivity contribution < 1.29 is 12.4 Å². The molecule has 40 heavy (non-hydrogen) atoms. The molecule has 0 fully saturated rings. The summed E-state index contributed by atoms with van der Waals surface area (Å²) in [6.45, 7) is 9.23. The van der Waals surface area contributed by atoms with Crippen LogP contribution in [-0.2, 0) is 0 Å². The second-order valence-corrected chi connectivity index (χ2v) is 15.6. The van der Waals surface area contributed by atoms with E-state index in [0.29, 0.717) is 0 Å². The number of nitrogens with zero attached hydrogens (tertiary/aromatic N) is 1. The van der Waals surface area contributed by atoms with Crippen LogP contribution in [0.1, 0.15) is 50.8 Å². The summed E-state index contributed by atoms with van der Waals surface area (Å²) in [5.74, 6) is 0.191. The molecule has 5 aromatic rings. The minimum atomic E-state index is -1.85. The van der Waals surface area contributed by atoms with Gasteiger partial charge in [-0.25, -0.2) is 0 Å². The van der Waals surface area contributed by atoms with Crippen LogP contribution in [0.15, 0.2) is 133 Å². The Morgan fingerprint density at radius 2 is 0.775 bits per heavy atom. The smallest absolute Gasteiger partial charge is 1.00 e. The number of halogens is 1. The summed E-state index contributed by atoms with van der Waals surface area (Å²) >= 11 is 0. The molecule has 0 aliphatic heterocycles. The van der Waals surface area contributed by atoms with Crippen LogP contribution in [0.5, 0.6) is 0 Å². The zero-order chi connectivity index (χ0) is 26.5. The van der Waals surface area contributed by atoms with Crippen LogP contribution in [0, 0.1) is 6.92 Å². The summed E-state index contributed by atoms with van der Waals surface area (Å²) in [4.78, 5) is 5.62. The van der Waals surface area contributed by atoms with E-state index in [4.69, 9.17) is 4.98 Å². The molecule has 5 rings (SSSR count). The van der Waals surface area contributed by atoms with Gasteiger partial charge < -0.3 is 17.4 Å². The van der Waals surface area contributed by atoms with E-state index in [1.807, 2.05) is 0 Å². The molecule has 0 saturated heterocycles. The van der Waals surface area contributed by atoms with Gasteiger partial charge in [0.2, 0.25) is 0 Å². The number of hydrogen-bond donors (Lipinski definition) is 0. The molecule has 5 aromatic carbocycles. The Kier molecular flexibility index (Phi) is 11.3. The van der Waals surface area contributed by atoms with E-state index >= 15 is 0 Å². The fourth-order valence-corrected chi connectivity index (χ4v) is 6.35. The zero-order valence-electron chi connectivity index (χ0n) is 23.6. The molecule has 0 heterocycles. The van der Waals surface area contributed by atoms with Crippen LogP contribution < -0.4 is 12.4 Å². The summed E-state index contributed by atoms with van der Waals surface area (Å²) in [5, 5.41) is 0. The molecule has 2 radical (unpaired) electrons. The molecule has 0 unspecified atom stereocenters. The summed E-state index contributed by atoms with van der Waals surface area (Å²) in [7, 11) is -1.85. The molecule has 0 N–H and O–H groups in total. The van der Waals surface area contributed by atoms with Gasteiger partial charge in [-0.2, -0.15) is 0 Å². The average Bonchev–Trinajstić information content (AvgIpc) is 2.93. The number of benzene rings is 5. The SMILES string of the molecule is Cc1cc(C(c2ccccc2)c2ccccc2)c([N-][Si](C)(C)C)c(C(c2ccccc2)c2ccccc2)c1.[Cl-].[Sb+3]. The predicted octanol–water partition coefficient (Wildman–Crippen LogP) is 6.82. The Bertz CT molecular complexity index is 1290. The first-order valence-electron chi connectivity index (χ1n) is 13.5. The zero-order valence-corrected chi connectivity index (χ0v) is 27.9. The van der Waals surface area contributed by atoms with E-state index in [1.165, 1.54) is 38.9 Å². The van der Waals surface area contributed by atoms with Crippen LogP contribution >= 0.6 is 0 Å². The van der Waals surface area contributed by atoms with Gasteiger partial charge in [0.05, 0.1) is 0 Å². The number of aryl methyl sites for hydroxylation is 1. The molecule has 0 atom stereocenters. The first-order chi connectivity index (χ1) is 18.4. The van der Waals surface area contributed by atoms with Gasteiger partial charge in [-0.05, 0) is 37.4 Å². The maximum atomic E-state index is 5.62. The second kappa shape index (κ2) is 14.2. The molecule has 0 spiro atoms. The Morgan fingerprint density at radius 3 is 1.02 bits per heavy atom. The van der Waals surface area contributed by atoms with Gasteiger partial charge in [0.15, 0.2) is 0 Å². The fraction of sp³-hybridized carbons (Fsp3) is 0.167. The van der Waals surface area contributed by atoms with Gasteiger partial charge >= 0.3 is 24.4 Å². The van der Waals surface area contributed by atoms with Gasteiger partial charge in [0, 0.05) is 11.8 Å². The van der Waals surface area contributed by atoms with Crippen molar-refractivity contribution in [2.24, 2.45) is 0 Å². The maximum absolute atomic E-state index is 5.62. The Hall–Kier alpha value is -2.77. The topological polar surface area (TPSA) is 14.1 Å². The molecule has 0 saturated carbocycles.